The van der Waals surface area contributed by atoms with Crippen LogP contribution in [0.4, 0.5) is 0 Å². The minimum absolute atomic E-state index is 0.196. The van der Waals surface area contributed by atoms with Gasteiger partial charge in [-0.25, -0.2) is 4.79 Å². The number of methoxy groups -OCH3 is 1. The van der Waals surface area contributed by atoms with Gasteiger partial charge in [-0.1, -0.05) is 18.2 Å². The first-order valence-electron chi connectivity index (χ1n) is 6.20. The van der Waals surface area contributed by atoms with Crippen molar-refractivity contribution in [3.63, 3.8) is 0 Å². The number of hydrogen-bond acceptors (Lipinski definition) is 3. The van der Waals surface area contributed by atoms with Gasteiger partial charge in [0.25, 0.3) is 0 Å². The van der Waals surface area contributed by atoms with Crippen molar-refractivity contribution >= 4 is 5.97 Å². The Morgan fingerprint density at radius 1 is 1.20 bits per heavy atom. The van der Waals surface area contributed by atoms with Gasteiger partial charge in [0.15, 0.2) is 0 Å². The lowest BCUT2D eigenvalue weighted by atomic mass is 10.1. The van der Waals surface area contributed by atoms with Gasteiger partial charge >= 0.3 is 5.97 Å². The minimum Gasteiger partial charge on any atom is -0.496 e. The summed E-state index contributed by atoms with van der Waals surface area (Å²) in [7, 11) is 1.51. The maximum absolute atomic E-state index is 10.9. The van der Waals surface area contributed by atoms with Crippen molar-refractivity contribution in [3.8, 4) is 11.5 Å². The lowest BCUT2D eigenvalue weighted by Crippen LogP contribution is -2.02. The predicted molar refractivity (Wildman–Crippen MR) is 75.5 cm³/mol. The van der Waals surface area contributed by atoms with Crippen LogP contribution in [0.2, 0.25) is 0 Å². The van der Waals surface area contributed by atoms with Crippen LogP contribution in [0.3, 0.4) is 0 Å². The lowest BCUT2D eigenvalue weighted by Gasteiger charge is -2.11. The molecule has 0 aliphatic carbocycles. The molecule has 0 aliphatic heterocycles. The van der Waals surface area contributed by atoms with E-state index in [2.05, 4.69) is 0 Å². The molecule has 0 saturated carbocycles. The quantitative estimate of drug-likeness (QED) is 0.907. The van der Waals surface area contributed by atoms with Gasteiger partial charge in [-0.15, -0.1) is 0 Å². The van der Waals surface area contributed by atoms with E-state index in [4.69, 9.17) is 14.6 Å². The second-order valence-corrected chi connectivity index (χ2v) is 4.44. The van der Waals surface area contributed by atoms with Gasteiger partial charge in [-0.05, 0) is 36.8 Å². The van der Waals surface area contributed by atoms with Crippen molar-refractivity contribution in [1.82, 2.24) is 0 Å². The highest BCUT2D eigenvalue weighted by Gasteiger charge is 2.09. The molecule has 4 heteroatoms. The summed E-state index contributed by atoms with van der Waals surface area (Å²) >= 11 is 0. The molecule has 0 aromatic heterocycles. The first-order valence-corrected chi connectivity index (χ1v) is 6.20. The molecule has 2 rings (SSSR count). The van der Waals surface area contributed by atoms with Crippen LogP contribution in [0.1, 0.15) is 21.5 Å². The molecule has 0 fully saturated rings. The van der Waals surface area contributed by atoms with E-state index >= 15 is 0 Å². The molecular weight excluding hydrogens is 256 g/mol. The maximum atomic E-state index is 10.9. The summed E-state index contributed by atoms with van der Waals surface area (Å²) in [6.45, 7) is 2.32. The van der Waals surface area contributed by atoms with Crippen LogP contribution in [-0.4, -0.2) is 18.2 Å². The third kappa shape index (κ3) is 3.29. The fourth-order valence-electron chi connectivity index (χ4n) is 1.86. The number of hydrogen-bond donors (Lipinski definition) is 1. The van der Waals surface area contributed by atoms with Crippen LogP contribution in [0, 0.1) is 6.92 Å². The second-order valence-electron chi connectivity index (χ2n) is 4.44. The van der Waals surface area contributed by atoms with Crippen LogP contribution in [-0.2, 0) is 6.61 Å². The third-order valence-electron chi connectivity index (χ3n) is 2.92. The zero-order valence-corrected chi connectivity index (χ0v) is 11.4. The number of carboxylic acid groups (broad SMARTS) is 1. The Kier molecular flexibility index (Phi) is 4.25. The molecule has 0 amide bonds. The Hall–Kier alpha value is -2.49. The zero-order chi connectivity index (χ0) is 14.5. The number of aromatic carboxylic acids is 1. The summed E-state index contributed by atoms with van der Waals surface area (Å²) < 4.78 is 10.9. The monoisotopic (exact) mass is 272 g/mol. The zero-order valence-electron chi connectivity index (χ0n) is 11.4. The van der Waals surface area contributed by atoms with Gasteiger partial charge in [0.2, 0.25) is 0 Å². The van der Waals surface area contributed by atoms with Gasteiger partial charge in [-0.3, -0.25) is 0 Å². The SMILES string of the molecule is COc1cc(C(=O)O)ccc1COc1cccc(C)c1. The lowest BCUT2D eigenvalue weighted by molar-refractivity contribution is 0.0696. The highest BCUT2D eigenvalue weighted by molar-refractivity contribution is 5.88. The summed E-state index contributed by atoms with van der Waals surface area (Å²) in [5, 5.41) is 8.95. The highest BCUT2D eigenvalue weighted by atomic mass is 16.5. The fraction of sp³-hybridized carbons (Fsp3) is 0.188. The van der Waals surface area contributed by atoms with Gasteiger partial charge in [0.05, 0.1) is 12.7 Å². The van der Waals surface area contributed by atoms with Gasteiger partial charge in [0.1, 0.15) is 18.1 Å². The molecule has 2 aromatic carbocycles. The van der Waals surface area contributed by atoms with E-state index in [0.29, 0.717) is 12.4 Å². The molecule has 4 nitrogen and oxygen atoms in total. The second kappa shape index (κ2) is 6.10. The topological polar surface area (TPSA) is 55.8 Å². The van der Waals surface area contributed by atoms with E-state index in [1.807, 2.05) is 31.2 Å². The van der Waals surface area contributed by atoms with E-state index in [0.717, 1.165) is 16.9 Å². The largest absolute Gasteiger partial charge is 0.496 e. The van der Waals surface area contributed by atoms with E-state index in [1.54, 1.807) is 12.1 Å². The van der Waals surface area contributed by atoms with E-state index in [1.165, 1.54) is 13.2 Å². The summed E-state index contributed by atoms with van der Waals surface area (Å²) in [4.78, 5) is 10.9. The molecule has 0 bridgehead atoms. The normalized spacial score (nSPS) is 10.1. The Labute approximate surface area is 117 Å². The molecule has 0 heterocycles. The molecule has 2 aromatic rings. The molecule has 0 atom stereocenters. The highest BCUT2D eigenvalue weighted by Crippen LogP contribution is 2.22. The standard InChI is InChI=1S/C16H16O4/c1-11-4-3-5-14(8-11)20-10-13-7-6-12(16(17)18)9-15(13)19-2/h3-9H,10H2,1-2H3,(H,17,18). The summed E-state index contributed by atoms with van der Waals surface area (Å²) in [5.41, 5.74) is 2.12. The van der Waals surface area contributed by atoms with Gasteiger partial charge < -0.3 is 14.6 Å². The predicted octanol–water partition coefficient (Wildman–Crippen LogP) is 3.28. The molecule has 20 heavy (non-hydrogen) atoms. The van der Waals surface area contributed by atoms with Crippen molar-refractivity contribution in [3.05, 3.63) is 59.2 Å². The smallest absolute Gasteiger partial charge is 0.335 e. The summed E-state index contributed by atoms with van der Waals surface area (Å²) in [5.74, 6) is 0.307. The average Bonchev–Trinajstić information content (AvgIpc) is 2.45. The van der Waals surface area contributed by atoms with Crippen LogP contribution in [0.15, 0.2) is 42.5 Å². The van der Waals surface area contributed by atoms with Crippen molar-refractivity contribution < 1.29 is 19.4 Å². The first-order chi connectivity index (χ1) is 9.60. The molecule has 0 spiro atoms. The van der Waals surface area contributed by atoms with E-state index in [9.17, 15) is 4.79 Å². The molecular formula is C16H16O4. The van der Waals surface area contributed by atoms with Crippen molar-refractivity contribution in [1.29, 1.82) is 0 Å². The first kappa shape index (κ1) is 13.9. The summed E-state index contributed by atoms with van der Waals surface area (Å²) in [6.07, 6.45) is 0. The molecule has 1 N–H and O–H groups in total. The van der Waals surface area contributed by atoms with Crippen LogP contribution in [0.25, 0.3) is 0 Å². The van der Waals surface area contributed by atoms with E-state index < -0.39 is 5.97 Å². The van der Waals surface area contributed by atoms with Crippen molar-refractivity contribution in [2.45, 2.75) is 13.5 Å². The molecule has 0 radical (unpaired) electrons. The summed E-state index contributed by atoms with van der Waals surface area (Å²) in [6, 6.07) is 12.5. The fourth-order valence-corrected chi connectivity index (χ4v) is 1.86. The maximum Gasteiger partial charge on any atom is 0.335 e. The Morgan fingerprint density at radius 2 is 2.00 bits per heavy atom. The Bertz CT molecular complexity index is 620. The van der Waals surface area contributed by atoms with Crippen molar-refractivity contribution in [2.75, 3.05) is 7.11 Å². The number of ether oxygens (including phenoxy) is 2. The molecule has 0 unspecified atom stereocenters. The van der Waals surface area contributed by atoms with Crippen LogP contribution in [0.5, 0.6) is 11.5 Å². The molecule has 0 saturated heterocycles. The van der Waals surface area contributed by atoms with Crippen LogP contribution < -0.4 is 9.47 Å². The van der Waals surface area contributed by atoms with Gasteiger partial charge in [-0.2, -0.15) is 0 Å². The number of aryl methyl sites for hydroxylation is 1. The Morgan fingerprint density at radius 3 is 2.65 bits per heavy atom. The van der Waals surface area contributed by atoms with Crippen LogP contribution >= 0.6 is 0 Å². The third-order valence-corrected chi connectivity index (χ3v) is 2.92. The number of carbonyl (C=O) groups is 1. The number of carboxylic acids is 1. The number of rotatable bonds is 5. The number of benzene rings is 2. The Balaban J connectivity index is 2.15. The van der Waals surface area contributed by atoms with Gasteiger partial charge in [0, 0.05) is 5.56 Å². The van der Waals surface area contributed by atoms with E-state index in [-0.39, 0.29) is 5.56 Å². The molecule has 0 aliphatic rings. The van der Waals surface area contributed by atoms with Crippen molar-refractivity contribution in [2.24, 2.45) is 0 Å². The minimum atomic E-state index is -0.977. The molecule has 104 valence electrons. The average molecular weight is 272 g/mol.